The molecule has 1 aliphatic heterocycles. The van der Waals surface area contributed by atoms with Crippen LogP contribution < -0.4 is 14.8 Å². The monoisotopic (exact) mass is 507 g/mol. The number of anilines is 1. The summed E-state index contributed by atoms with van der Waals surface area (Å²) in [6.45, 7) is 5.96. The summed E-state index contributed by atoms with van der Waals surface area (Å²) in [4.78, 5) is 30.0. The molecule has 0 saturated carbocycles. The van der Waals surface area contributed by atoms with Crippen molar-refractivity contribution in [1.82, 2.24) is 9.80 Å². The van der Waals surface area contributed by atoms with Crippen LogP contribution in [0.2, 0.25) is 0 Å². The molecule has 0 unspecified atom stereocenters. The van der Waals surface area contributed by atoms with Crippen LogP contribution in [0.25, 0.3) is 0 Å². The summed E-state index contributed by atoms with van der Waals surface area (Å²) in [5, 5.41) is 2.88. The van der Waals surface area contributed by atoms with Crippen molar-refractivity contribution in [3.63, 3.8) is 0 Å². The van der Waals surface area contributed by atoms with Crippen LogP contribution in [0.1, 0.15) is 30.4 Å². The number of hydrogen-bond acceptors (Lipinski definition) is 6. The number of aryl methyl sites for hydroxylation is 1. The molecular formula is C28H33N3O6. The van der Waals surface area contributed by atoms with Crippen LogP contribution in [0.5, 0.6) is 11.5 Å². The molecule has 3 amide bonds. The maximum Gasteiger partial charge on any atom is 0.322 e. The fourth-order valence-corrected chi connectivity index (χ4v) is 3.99. The number of para-hydroxylation sites is 1. The smallest absolute Gasteiger partial charge is 0.322 e. The van der Waals surface area contributed by atoms with E-state index in [2.05, 4.69) is 5.32 Å². The van der Waals surface area contributed by atoms with Gasteiger partial charge in [0.05, 0.1) is 6.54 Å². The van der Waals surface area contributed by atoms with Gasteiger partial charge < -0.3 is 33.7 Å². The van der Waals surface area contributed by atoms with Gasteiger partial charge >= 0.3 is 6.03 Å². The van der Waals surface area contributed by atoms with E-state index in [0.717, 1.165) is 11.3 Å². The SMILES string of the molecule is CCOCCCN(CC(=O)N(Cc1ccc2c(c1)OCO2)Cc1ccc(C)o1)C(=O)Nc1ccccc1. The number of carbonyl (C=O) groups is 2. The van der Waals surface area contributed by atoms with Gasteiger partial charge in [0.15, 0.2) is 11.5 Å². The van der Waals surface area contributed by atoms with Crippen LogP contribution in [-0.2, 0) is 22.6 Å². The number of furan rings is 1. The van der Waals surface area contributed by atoms with Gasteiger partial charge in [0.25, 0.3) is 0 Å². The molecule has 0 bridgehead atoms. The van der Waals surface area contributed by atoms with Crippen LogP contribution >= 0.6 is 0 Å². The van der Waals surface area contributed by atoms with E-state index in [1.807, 2.05) is 74.5 Å². The van der Waals surface area contributed by atoms with Crippen molar-refractivity contribution in [3.8, 4) is 11.5 Å². The molecule has 0 atom stereocenters. The van der Waals surface area contributed by atoms with Gasteiger partial charge in [-0.05, 0) is 62.2 Å². The topological polar surface area (TPSA) is 93.5 Å². The van der Waals surface area contributed by atoms with E-state index in [1.54, 1.807) is 4.90 Å². The Morgan fingerprint density at radius 3 is 2.54 bits per heavy atom. The molecule has 3 aromatic rings. The Bertz CT molecular complexity index is 1180. The second-order valence-corrected chi connectivity index (χ2v) is 8.72. The average molecular weight is 508 g/mol. The molecule has 0 radical (unpaired) electrons. The number of rotatable bonds is 12. The first kappa shape index (κ1) is 26.1. The van der Waals surface area contributed by atoms with E-state index in [9.17, 15) is 9.59 Å². The molecule has 0 aliphatic carbocycles. The zero-order chi connectivity index (χ0) is 26.0. The summed E-state index contributed by atoms with van der Waals surface area (Å²) in [5.74, 6) is 2.57. The quantitative estimate of drug-likeness (QED) is 0.354. The number of ether oxygens (including phenoxy) is 3. The third kappa shape index (κ3) is 7.50. The number of benzene rings is 2. The van der Waals surface area contributed by atoms with E-state index in [1.165, 1.54) is 4.90 Å². The van der Waals surface area contributed by atoms with Crippen LogP contribution in [0, 0.1) is 6.92 Å². The predicted octanol–water partition coefficient (Wildman–Crippen LogP) is 4.81. The number of hydrogen-bond donors (Lipinski definition) is 1. The zero-order valence-corrected chi connectivity index (χ0v) is 21.3. The molecule has 0 fully saturated rings. The molecule has 1 N–H and O–H groups in total. The van der Waals surface area contributed by atoms with E-state index >= 15 is 0 Å². The zero-order valence-electron chi connectivity index (χ0n) is 21.3. The van der Waals surface area contributed by atoms with E-state index in [4.69, 9.17) is 18.6 Å². The number of urea groups is 1. The Balaban J connectivity index is 1.50. The van der Waals surface area contributed by atoms with Crippen LogP contribution in [0.4, 0.5) is 10.5 Å². The number of amides is 3. The lowest BCUT2D eigenvalue weighted by atomic mass is 10.2. The summed E-state index contributed by atoms with van der Waals surface area (Å²) >= 11 is 0. The molecule has 2 aromatic carbocycles. The van der Waals surface area contributed by atoms with Crippen molar-refractivity contribution in [1.29, 1.82) is 0 Å². The maximum atomic E-state index is 13.6. The number of carbonyl (C=O) groups excluding carboxylic acids is 2. The summed E-state index contributed by atoms with van der Waals surface area (Å²) in [6.07, 6.45) is 0.614. The van der Waals surface area contributed by atoms with Gasteiger partial charge in [-0.25, -0.2) is 4.79 Å². The molecule has 2 heterocycles. The van der Waals surface area contributed by atoms with Crippen molar-refractivity contribution < 1.29 is 28.2 Å². The summed E-state index contributed by atoms with van der Waals surface area (Å²) in [5.41, 5.74) is 1.55. The summed E-state index contributed by atoms with van der Waals surface area (Å²) in [7, 11) is 0. The minimum Gasteiger partial charge on any atom is -0.464 e. The fraction of sp³-hybridized carbons (Fsp3) is 0.357. The van der Waals surface area contributed by atoms with Crippen molar-refractivity contribution in [2.45, 2.75) is 33.4 Å². The van der Waals surface area contributed by atoms with Crippen LogP contribution in [0.3, 0.4) is 0 Å². The van der Waals surface area contributed by atoms with E-state index in [0.29, 0.717) is 55.7 Å². The second-order valence-electron chi connectivity index (χ2n) is 8.72. The van der Waals surface area contributed by atoms with Gasteiger partial charge in [-0.15, -0.1) is 0 Å². The highest BCUT2D eigenvalue weighted by molar-refractivity contribution is 5.92. The second kappa shape index (κ2) is 12.8. The Morgan fingerprint density at radius 1 is 0.973 bits per heavy atom. The van der Waals surface area contributed by atoms with Gasteiger partial charge in [0.1, 0.15) is 18.1 Å². The standard InChI is InChI=1S/C28H33N3O6/c1-3-34-15-7-14-30(28(33)29-23-8-5-4-6-9-23)19-27(32)31(18-24-12-10-21(2)37-24)17-22-11-13-25-26(16-22)36-20-35-25/h4-6,8-13,16H,3,7,14-15,17-20H2,1-2H3,(H,29,33). The third-order valence-electron chi connectivity index (χ3n) is 5.87. The van der Waals surface area contributed by atoms with E-state index < -0.39 is 0 Å². The van der Waals surface area contributed by atoms with Gasteiger partial charge in [0, 0.05) is 32.0 Å². The first-order valence-corrected chi connectivity index (χ1v) is 12.4. The lowest BCUT2D eigenvalue weighted by Gasteiger charge is -2.27. The Morgan fingerprint density at radius 2 is 1.78 bits per heavy atom. The lowest BCUT2D eigenvalue weighted by molar-refractivity contribution is -0.133. The first-order valence-electron chi connectivity index (χ1n) is 12.4. The molecular weight excluding hydrogens is 474 g/mol. The Kier molecular flexibility index (Phi) is 9.04. The van der Waals surface area contributed by atoms with Gasteiger partial charge in [-0.3, -0.25) is 4.79 Å². The maximum absolute atomic E-state index is 13.6. The number of fused-ring (bicyclic) bond motifs is 1. The molecule has 0 spiro atoms. The Labute approximate surface area is 216 Å². The highest BCUT2D eigenvalue weighted by Gasteiger charge is 2.24. The molecule has 9 nitrogen and oxygen atoms in total. The van der Waals surface area contributed by atoms with Gasteiger partial charge in [0.2, 0.25) is 12.7 Å². The molecule has 0 saturated heterocycles. The normalized spacial score (nSPS) is 11.8. The molecule has 1 aliphatic rings. The number of nitrogens with zero attached hydrogens (tertiary/aromatic N) is 2. The van der Waals surface area contributed by atoms with Crippen LogP contribution in [-0.4, -0.2) is 54.8 Å². The van der Waals surface area contributed by atoms with E-state index in [-0.39, 0.29) is 31.8 Å². The van der Waals surface area contributed by atoms with Crippen LogP contribution in [0.15, 0.2) is 65.1 Å². The van der Waals surface area contributed by atoms with Crippen molar-refractivity contribution in [3.05, 3.63) is 77.7 Å². The van der Waals surface area contributed by atoms with Gasteiger partial charge in [-0.1, -0.05) is 24.3 Å². The molecule has 196 valence electrons. The summed E-state index contributed by atoms with van der Waals surface area (Å²) in [6, 6.07) is 18.2. The van der Waals surface area contributed by atoms with Crippen molar-refractivity contribution in [2.75, 3.05) is 38.4 Å². The molecule has 9 heteroatoms. The molecule has 4 rings (SSSR count). The molecule has 1 aromatic heterocycles. The van der Waals surface area contributed by atoms with Crippen molar-refractivity contribution >= 4 is 17.6 Å². The summed E-state index contributed by atoms with van der Waals surface area (Å²) < 4.78 is 22.1. The minimum atomic E-state index is -0.340. The van der Waals surface area contributed by atoms with Gasteiger partial charge in [-0.2, -0.15) is 0 Å². The van der Waals surface area contributed by atoms with Crippen molar-refractivity contribution in [2.24, 2.45) is 0 Å². The first-order chi connectivity index (χ1) is 18.0. The average Bonchev–Trinajstić information content (AvgIpc) is 3.54. The Hall–Kier alpha value is -3.98. The number of nitrogens with one attached hydrogen (secondary N) is 1. The predicted molar refractivity (Wildman–Crippen MR) is 138 cm³/mol. The highest BCUT2D eigenvalue weighted by Crippen LogP contribution is 2.33. The minimum absolute atomic E-state index is 0.0883. The lowest BCUT2D eigenvalue weighted by Crippen LogP contribution is -2.44. The molecule has 37 heavy (non-hydrogen) atoms. The fourth-order valence-electron chi connectivity index (χ4n) is 3.99. The third-order valence-corrected chi connectivity index (χ3v) is 5.87. The highest BCUT2D eigenvalue weighted by atomic mass is 16.7. The largest absolute Gasteiger partial charge is 0.464 e.